The Labute approximate surface area is 195 Å². The Hall–Kier alpha value is -2.11. The van der Waals surface area contributed by atoms with Gasteiger partial charge in [-0.3, -0.25) is 5.10 Å². The minimum Gasteiger partial charge on any atom is -0.337 e. The highest BCUT2D eigenvalue weighted by atomic mass is 15.3. The largest absolute Gasteiger partial charge is 0.337 e. The third-order valence-corrected chi connectivity index (χ3v) is 7.31. The van der Waals surface area contributed by atoms with E-state index in [0.717, 1.165) is 30.0 Å². The maximum atomic E-state index is 4.81. The van der Waals surface area contributed by atoms with Gasteiger partial charge in [0.1, 0.15) is 5.82 Å². The van der Waals surface area contributed by atoms with Gasteiger partial charge in [0, 0.05) is 36.5 Å². The van der Waals surface area contributed by atoms with Crippen LogP contribution >= 0.6 is 0 Å². The summed E-state index contributed by atoms with van der Waals surface area (Å²) in [7, 11) is 0. The van der Waals surface area contributed by atoms with E-state index >= 15 is 0 Å². The maximum Gasteiger partial charge on any atom is 0.227 e. The predicted octanol–water partition coefficient (Wildman–Crippen LogP) is 7.06. The van der Waals surface area contributed by atoms with E-state index in [1.165, 1.54) is 57.1 Å². The smallest absolute Gasteiger partial charge is 0.227 e. The molecule has 4 heterocycles. The molecule has 2 aliphatic heterocycles. The number of fused-ring (bicyclic) bond motifs is 1. The molecule has 4 aliphatic rings. The van der Waals surface area contributed by atoms with Crippen molar-refractivity contribution < 1.29 is 0 Å². The molecule has 0 radical (unpaired) electrons. The molecule has 2 saturated carbocycles. The van der Waals surface area contributed by atoms with Crippen LogP contribution in [0.3, 0.4) is 0 Å². The zero-order valence-corrected chi connectivity index (χ0v) is 21.1. The first-order chi connectivity index (χ1) is 15.6. The molecular weight excluding hydrogens is 396 g/mol. The molecule has 2 N–H and O–H groups in total. The van der Waals surface area contributed by atoms with Crippen molar-refractivity contribution in [2.24, 2.45) is 11.3 Å². The zero-order chi connectivity index (χ0) is 23.1. The summed E-state index contributed by atoms with van der Waals surface area (Å²) < 4.78 is 0. The van der Waals surface area contributed by atoms with Crippen LogP contribution in [0.15, 0.2) is 18.3 Å². The van der Waals surface area contributed by atoms with Crippen LogP contribution in [-0.4, -0.2) is 32.8 Å². The van der Waals surface area contributed by atoms with Crippen molar-refractivity contribution in [3.05, 3.63) is 24.0 Å². The molecule has 2 aromatic rings. The number of anilines is 3. The Balaban J connectivity index is 0.000000686. The van der Waals surface area contributed by atoms with Gasteiger partial charge in [-0.2, -0.15) is 10.1 Å². The van der Waals surface area contributed by atoms with Gasteiger partial charge in [0.15, 0.2) is 5.82 Å². The van der Waals surface area contributed by atoms with Gasteiger partial charge in [0.05, 0.1) is 0 Å². The van der Waals surface area contributed by atoms with Gasteiger partial charge in [-0.15, -0.1) is 0 Å². The number of aromatic amines is 1. The van der Waals surface area contributed by atoms with E-state index in [2.05, 4.69) is 45.3 Å². The monoisotopic (exact) mass is 440 g/mol. The molecule has 2 saturated heterocycles. The highest BCUT2D eigenvalue weighted by molar-refractivity contribution is 5.54. The summed E-state index contributed by atoms with van der Waals surface area (Å²) in [6.07, 6.45) is 12.3. The molecule has 6 nitrogen and oxygen atoms in total. The number of nitrogens with zero attached hydrogens (tertiary/aromatic N) is 4. The third-order valence-electron chi connectivity index (χ3n) is 7.31. The first-order valence-electron chi connectivity index (χ1n) is 13.1. The first kappa shape index (κ1) is 24.5. The fourth-order valence-electron chi connectivity index (χ4n) is 5.66. The standard InChI is InChI=1S/C22H32N6.2C2H6/c1-3-15(2)11-22-12-17(13-22)28(14-22)21-23-9-8-19(25-21)24-20-10-18(26-27-20)16-6-4-5-7-16;2*1-2/h8-10,15-17H,3-7,11-14H2,1-2H3,(H2,23,24,25,26,27);2*1-2H3. The SMILES string of the molecule is CC.CC.CCC(C)CC12CC(C1)N(c1nccc(Nc3cc(C4CCCC4)[nH]n3)n1)C2. The van der Waals surface area contributed by atoms with Crippen molar-refractivity contribution in [1.82, 2.24) is 20.2 Å². The number of hydrogen-bond donors (Lipinski definition) is 2. The summed E-state index contributed by atoms with van der Waals surface area (Å²) in [5.41, 5.74) is 1.76. The molecule has 0 spiro atoms. The van der Waals surface area contributed by atoms with Crippen LogP contribution in [0.4, 0.5) is 17.6 Å². The lowest BCUT2D eigenvalue weighted by molar-refractivity contribution is 0.152. The third kappa shape index (κ3) is 5.26. The van der Waals surface area contributed by atoms with E-state index < -0.39 is 0 Å². The van der Waals surface area contributed by atoms with Gasteiger partial charge < -0.3 is 10.2 Å². The fraction of sp³-hybridized carbons (Fsp3) is 0.731. The van der Waals surface area contributed by atoms with E-state index in [1.54, 1.807) is 0 Å². The Morgan fingerprint density at radius 2 is 1.88 bits per heavy atom. The maximum absolute atomic E-state index is 4.81. The van der Waals surface area contributed by atoms with Crippen molar-refractivity contribution in [2.45, 2.75) is 105 Å². The van der Waals surface area contributed by atoms with Gasteiger partial charge in [-0.1, -0.05) is 60.8 Å². The van der Waals surface area contributed by atoms with Gasteiger partial charge in [0.25, 0.3) is 0 Å². The number of H-pyrrole nitrogens is 1. The molecule has 2 bridgehead atoms. The van der Waals surface area contributed by atoms with Gasteiger partial charge in [0.2, 0.25) is 5.95 Å². The van der Waals surface area contributed by atoms with Gasteiger partial charge in [-0.05, 0) is 49.5 Å². The molecular formula is C26H44N6. The van der Waals surface area contributed by atoms with Crippen molar-refractivity contribution in [2.75, 3.05) is 16.8 Å². The van der Waals surface area contributed by atoms with Crippen molar-refractivity contribution in [3.8, 4) is 0 Å². The minimum absolute atomic E-state index is 0.505. The van der Waals surface area contributed by atoms with Crippen molar-refractivity contribution in [1.29, 1.82) is 0 Å². The van der Waals surface area contributed by atoms with E-state index in [-0.39, 0.29) is 0 Å². The lowest BCUT2D eigenvalue weighted by atomic mass is 9.65. The summed E-state index contributed by atoms with van der Waals surface area (Å²) in [6.45, 7) is 13.8. The van der Waals surface area contributed by atoms with E-state index in [0.29, 0.717) is 17.4 Å². The number of aromatic nitrogens is 4. The summed E-state index contributed by atoms with van der Waals surface area (Å²) >= 11 is 0. The molecule has 6 rings (SSSR count). The average molecular weight is 441 g/mol. The molecule has 178 valence electrons. The first-order valence-corrected chi connectivity index (χ1v) is 13.1. The second kappa shape index (κ2) is 11.2. The lowest BCUT2D eigenvalue weighted by Crippen LogP contribution is -2.36. The van der Waals surface area contributed by atoms with Gasteiger partial charge >= 0.3 is 0 Å². The molecule has 0 aromatic carbocycles. The highest BCUT2D eigenvalue weighted by Gasteiger charge is 2.55. The fourth-order valence-corrected chi connectivity index (χ4v) is 5.66. The molecule has 4 fully saturated rings. The molecule has 1 unspecified atom stereocenters. The summed E-state index contributed by atoms with van der Waals surface area (Å²) in [5.74, 6) is 4.00. The molecule has 32 heavy (non-hydrogen) atoms. The minimum atomic E-state index is 0.505. The Morgan fingerprint density at radius 3 is 2.56 bits per heavy atom. The van der Waals surface area contributed by atoms with E-state index in [9.17, 15) is 0 Å². The second-order valence-electron chi connectivity index (χ2n) is 9.46. The summed E-state index contributed by atoms with van der Waals surface area (Å²) in [4.78, 5) is 11.8. The van der Waals surface area contributed by atoms with Gasteiger partial charge in [-0.25, -0.2) is 4.98 Å². The normalized spacial score (nSPS) is 24.7. The molecule has 2 aliphatic carbocycles. The molecule has 2 aromatic heterocycles. The lowest BCUT2D eigenvalue weighted by Gasteiger charge is -2.38. The van der Waals surface area contributed by atoms with Crippen LogP contribution < -0.4 is 10.2 Å². The van der Waals surface area contributed by atoms with Crippen LogP contribution in [0.5, 0.6) is 0 Å². The molecule has 6 heteroatoms. The van der Waals surface area contributed by atoms with E-state index in [4.69, 9.17) is 4.98 Å². The average Bonchev–Trinajstić information content (AvgIpc) is 3.60. The Morgan fingerprint density at radius 1 is 1.16 bits per heavy atom. The highest BCUT2D eigenvalue weighted by Crippen LogP contribution is 2.56. The van der Waals surface area contributed by atoms with Crippen LogP contribution in [0.25, 0.3) is 0 Å². The predicted molar refractivity (Wildman–Crippen MR) is 135 cm³/mol. The van der Waals surface area contributed by atoms with Crippen LogP contribution in [0.2, 0.25) is 0 Å². The molecule has 0 amide bonds. The van der Waals surface area contributed by atoms with Crippen LogP contribution in [-0.2, 0) is 0 Å². The summed E-state index contributed by atoms with van der Waals surface area (Å²) in [5, 5.41) is 11.0. The topological polar surface area (TPSA) is 69.7 Å². The van der Waals surface area contributed by atoms with Crippen LogP contribution in [0, 0.1) is 11.3 Å². The quantitative estimate of drug-likeness (QED) is 0.482. The van der Waals surface area contributed by atoms with E-state index in [1.807, 2.05) is 40.0 Å². The Bertz CT molecular complexity index is 819. The van der Waals surface area contributed by atoms with Crippen LogP contribution in [0.1, 0.15) is 105 Å². The number of rotatable bonds is 7. The summed E-state index contributed by atoms with van der Waals surface area (Å²) in [6, 6.07) is 4.70. The molecule has 1 atom stereocenters. The van der Waals surface area contributed by atoms with Crippen molar-refractivity contribution in [3.63, 3.8) is 0 Å². The van der Waals surface area contributed by atoms with Crippen molar-refractivity contribution >= 4 is 17.6 Å². The Kier molecular flexibility index (Phi) is 8.55. The number of hydrogen-bond acceptors (Lipinski definition) is 5. The zero-order valence-electron chi connectivity index (χ0n) is 21.1. The number of nitrogens with one attached hydrogen (secondary N) is 2. The second-order valence-corrected chi connectivity index (χ2v) is 9.46.